The average molecular weight is 209 g/mol. The maximum atomic E-state index is 10.0. The van der Waals surface area contributed by atoms with Gasteiger partial charge in [0.05, 0.1) is 6.10 Å². The van der Waals surface area contributed by atoms with E-state index in [1.807, 2.05) is 12.1 Å². The first-order valence-electron chi connectivity index (χ1n) is 4.84. The molecule has 2 rings (SSSR count). The van der Waals surface area contributed by atoms with E-state index in [0.717, 1.165) is 11.3 Å². The van der Waals surface area contributed by atoms with E-state index in [1.54, 1.807) is 11.8 Å². The van der Waals surface area contributed by atoms with Crippen LogP contribution in [-0.4, -0.2) is 17.4 Å². The third kappa shape index (κ3) is 1.67. The van der Waals surface area contributed by atoms with Crippen molar-refractivity contribution < 1.29 is 5.11 Å². The van der Waals surface area contributed by atoms with Crippen molar-refractivity contribution in [3.8, 4) is 0 Å². The van der Waals surface area contributed by atoms with Crippen molar-refractivity contribution in [1.82, 2.24) is 0 Å². The minimum atomic E-state index is -0.378. The second-order valence-corrected chi connectivity index (χ2v) is 4.85. The van der Waals surface area contributed by atoms with E-state index in [2.05, 4.69) is 13.0 Å². The predicted molar refractivity (Wildman–Crippen MR) is 59.4 cm³/mol. The average Bonchev–Trinajstić information content (AvgIpc) is 2.18. The quantitative estimate of drug-likeness (QED) is 0.740. The van der Waals surface area contributed by atoms with E-state index in [4.69, 9.17) is 5.73 Å². The molecule has 2 nitrogen and oxygen atoms in total. The molecule has 3 heteroatoms. The van der Waals surface area contributed by atoms with Crippen molar-refractivity contribution in [2.45, 2.75) is 17.9 Å². The highest BCUT2D eigenvalue weighted by Crippen LogP contribution is 2.39. The number of benzene rings is 1. The van der Waals surface area contributed by atoms with Gasteiger partial charge in [-0.1, -0.05) is 12.1 Å². The summed E-state index contributed by atoms with van der Waals surface area (Å²) in [5.41, 5.74) is 7.90. The fourth-order valence-corrected chi connectivity index (χ4v) is 3.09. The Morgan fingerprint density at radius 2 is 2.36 bits per heavy atom. The molecule has 0 saturated carbocycles. The highest BCUT2D eigenvalue weighted by Gasteiger charge is 2.27. The molecule has 1 aliphatic rings. The zero-order valence-corrected chi connectivity index (χ0v) is 9.05. The SMILES string of the molecule is Cc1ccc2c(c1)SCC(CN)C2O. The van der Waals surface area contributed by atoms with Crippen LogP contribution in [0.4, 0.5) is 0 Å². The van der Waals surface area contributed by atoms with Crippen molar-refractivity contribution in [1.29, 1.82) is 0 Å². The lowest BCUT2D eigenvalue weighted by molar-refractivity contribution is 0.119. The van der Waals surface area contributed by atoms with Crippen LogP contribution in [0.3, 0.4) is 0 Å². The maximum absolute atomic E-state index is 10.0. The molecule has 1 heterocycles. The van der Waals surface area contributed by atoms with Crippen LogP contribution >= 0.6 is 11.8 Å². The van der Waals surface area contributed by atoms with Gasteiger partial charge in [0, 0.05) is 16.6 Å². The molecule has 1 aromatic carbocycles. The Morgan fingerprint density at radius 3 is 3.07 bits per heavy atom. The number of aryl methyl sites for hydroxylation is 1. The molecule has 0 bridgehead atoms. The zero-order chi connectivity index (χ0) is 10.1. The third-order valence-corrected chi connectivity index (χ3v) is 3.95. The third-order valence-electron chi connectivity index (χ3n) is 2.69. The first-order chi connectivity index (χ1) is 6.72. The minimum Gasteiger partial charge on any atom is -0.388 e. The van der Waals surface area contributed by atoms with Crippen LogP contribution < -0.4 is 5.73 Å². The standard InChI is InChI=1S/C11H15NOS/c1-7-2-3-9-10(4-7)14-6-8(5-12)11(9)13/h2-4,8,11,13H,5-6,12H2,1H3. The number of thioether (sulfide) groups is 1. The lowest BCUT2D eigenvalue weighted by Gasteiger charge is -2.28. The number of hydrogen-bond acceptors (Lipinski definition) is 3. The number of aliphatic hydroxyl groups is 1. The number of fused-ring (bicyclic) bond motifs is 1. The lowest BCUT2D eigenvalue weighted by atomic mass is 9.96. The molecular weight excluding hydrogens is 194 g/mol. The summed E-state index contributed by atoms with van der Waals surface area (Å²) >= 11 is 1.80. The fourth-order valence-electron chi connectivity index (χ4n) is 1.75. The largest absolute Gasteiger partial charge is 0.388 e. The normalized spacial score (nSPS) is 25.9. The molecule has 76 valence electrons. The molecule has 3 N–H and O–H groups in total. The Balaban J connectivity index is 2.36. The minimum absolute atomic E-state index is 0.204. The Kier molecular flexibility index (Phi) is 2.81. The molecule has 0 amide bonds. The summed E-state index contributed by atoms with van der Waals surface area (Å²) < 4.78 is 0. The number of rotatable bonds is 1. The Hall–Kier alpha value is -0.510. The Labute approximate surface area is 88.5 Å². The summed E-state index contributed by atoms with van der Waals surface area (Å²) in [5.74, 6) is 1.13. The topological polar surface area (TPSA) is 46.2 Å². The summed E-state index contributed by atoms with van der Waals surface area (Å²) in [5, 5.41) is 10.0. The fraction of sp³-hybridized carbons (Fsp3) is 0.455. The van der Waals surface area contributed by atoms with Crippen LogP contribution in [0, 0.1) is 12.8 Å². The monoisotopic (exact) mass is 209 g/mol. The van der Waals surface area contributed by atoms with E-state index in [9.17, 15) is 5.11 Å². The van der Waals surface area contributed by atoms with Crippen LogP contribution in [-0.2, 0) is 0 Å². The van der Waals surface area contributed by atoms with E-state index in [1.165, 1.54) is 10.5 Å². The van der Waals surface area contributed by atoms with E-state index < -0.39 is 0 Å². The van der Waals surface area contributed by atoms with E-state index >= 15 is 0 Å². The molecule has 0 aliphatic carbocycles. The van der Waals surface area contributed by atoms with Gasteiger partial charge in [-0.15, -0.1) is 11.8 Å². The number of aliphatic hydroxyl groups excluding tert-OH is 1. The van der Waals surface area contributed by atoms with E-state index in [-0.39, 0.29) is 12.0 Å². The van der Waals surface area contributed by atoms with Crippen LogP contribution in [0.25, 0.3) is 0 Å². The van der Waals surface area contributed by atoms with Crippen LogP contribution in [0.2, 0.25) is 0 Å². The molecule has 2 unspecified atom stereocenters. The Bertz CT molecular complexity index is 340. The summed E-state index contributed by atoms with van der Waals surface area (Å²) in [6.45, 7) is 2.63. The smallest absolute Gasteiger partial charge is 0.0849 e. The van der Waals surface area contributed by atoms with Crippen LogP contribution in [0.15, 0.2) is 23.1 Å². The molecule has 1 aromatic rings. The second kappa shape index (κ2) is 3.93. The van der Waals surface area contributed by atoms with Gasteiger partial charge in [0.25, 0.3) is 0 Å². The molecule has 0 saturated heterocycles. The lowest BCUT2D eigenvalue weighted by Crippen LogP contribution is -2.27. The van der Waals surface area contributed by atoms with Crippen molar-refractivity contribution in [3.05, 3.63) is 29.3 Å². The molecule has 1 aliphatic heterocycles. The first-order valence-corrected chi connectivity index (χ1v) is 5.82. The number of hydrogen-bond donors (Lipinski definition) is 2. The number of nitrogens with two attached hydrogens (primary N) is 1. The van der Waals surface area contributed by atoms with Gasteiger partial charge in [0.1, 0.15) is 0 Å². The molecular formula is C11H15NOS. The van der Waals surface area contributed by atoms with Crippen molar-refractivity contribution in [2.75, 3.05) is 12.3 Å². The summed E-state index contributed by atoms with van der Waals surface area (Å²) in [7, 11) is 0. The summed E-state index contributed by atoms with van der Waals surface area (Å²) in [6, 6.07) is 6.20. The van der Waals surface area contributed by atoms with Gasteiger partial charge in [0.15, 0.2) is 0 Å². The van der Waals surface area contributed by atoms with Gasteiger partial charge < -0.3 is 10.8 Å². The van der Waals surface area contributed by atoms with Gasteiger partial charge in [-0.2, -0.15) is 0 Å². The first kappa shape index (κ1) is 10.0. The molecule has 14 heavy (non-hydrogen) atoms. The maximum Gasteiger partial charge on any atom is 0.0849 e. The van der Waals surface area contributed by atoms with Gasteiger partial charge in [0.2, 0.25) is 0 Å². The highest BCUT2D eigenvalue weighted by atomic mass is 32.2. The Morgan fingerprint density at radius 1 is 1.57 bits per heavy atom. The molecule has 0 fully saturated rings. The van der Waals surface area contributed by atoms with Gasteiger partial charge in [-0.25, -0.2) is 0 Å². The zero-order valence-electron chi connectivity index (χ0n) is 8.23. The summed E-state index contributed by atoms with van der Waals surface area (Å²) in [4.78, 5) is 1.21. The molecule has 2 atom stereocenters. The molecule has 0 aromatic heterocycles. The summed E-state index contributed by atoms with van der Waals surface area (Å²) in [6.07, 6.45) is -0.378. The molecule has 0 radical (unpaired) electrons. The van der Waals surface area contributed by atoms with Gasteiger partial charge >= 0.3 is 0 Å². The van der Waals surface area contributed by atoms with E-state index in [0.29, 0.717) is 6.54 Å². The van der Waals surface area contributed by atoms with Crippen molar-refractivity contribution in [3.63, 3.8) is 0 Å². The van der Waals surface area contributed by atoms with Crippen LogP contribution in [0.1, 0.15) is 17.2 Å². The predicted octanol–water partition coefficient (Wildman–Crippen LogP) is 1.71. The van der Waals surface area contributed by atoms with Crippen molar-refractivity contribution >= 4 is 11.8 Å². The second-order valence-electron chi connectivity index (χ2n) is 3.79. The molecule has 0 spiro atoms. The highest BCUT2D eigenvalue weighted by molar-refractivity contribution is 7.99. The van der Waals surface area contributed by atoms with Crippen LogP contribution in [0.5, 0.6) is 0 Å². The van der Waals surface area contributed by atoms with Gasteiger partial charge in [-0.3, -0.25) is 0 Å². The van der Waals surface area contributed by atoms with Gasteiger partial charge in [-0.05, 0) is 30.7 Å². The van der Waals surface area contributed by atoms with Crippen molar-refractivity contribution in [2.24, 2.45) is 11.7 Å².